The summed E-state index contributed by atoms with van der Waals surface area (Å²) in [6, 6.07) is 17.9. The van der Waals surface area contributed by atoms with E-state index in [0.717, 1.165) is 38.9 Å². The molecule has 150 valence electrons. The summed E-state index contributed by atoms with van der Waals surface area (Å²) in [4.78, 5) is 14.8. The highest BCUT2D eigenvalue weighted by atomic mass is 32.1. The fraction of sp³-hybridized carbons (Fsp3) is 0.174. The van der Waals surface area contributed by atoms with Crippen molar-refractivity contribution in [1.29, 1.82) is 0 Å². The van der Waals surface area contributed by atoms with E-state index in [1.54, 1.807) is 11.3 Å². The first kappa shape index (κ1) is 18.6. The average molecular weight is 417 g/mol. The molecule has 6 nitrogen and oxygen atoms in total. The van der Waals surface area contributed by atoms with E-state index in [1.165, 1.54) is 0 Å². The maximum Gasteiger partial charge on any atom is 0.223 e. The summed E-state index contributed by atoms with van der Waals surface area (Å²) in [7, 11) is 0. The maximum atomic E-state index is 6.02. The zero-order chi connectivity index (χ0) is 20.3. The molecule has 0 aliphatic carbocycles. The summed E-state index contributed by atoms with van der Waals surface area (Å²) >= 11 is 1.58. The topological polar surface area (TPSA) is 69.2 Å². The molecule has 3 heterocycles. The molecular weight excluding hydrogens is 396 g/mol. The number of hydrogen-bond donors (Lipinski definition) is 1. The zero-order valence-corrected chi connectivity index (χ0v) is 17.2. The van der Waals surface area contributed by atoms with Gasteiger partial charge in [0.05, 0.1) is 28.3 Å². The summed E-state index contributed by atoms with van der Waals surface area (Å²) in [5.74, 6) is 2.09. The summed E-state index contributed by atoms with van der Waals surface area (Å²) in [5.41, 5.74) is 5.75. The predicted molar refractivity (Wildman–Crippen MR) is 118 cm³/mol. The van der Waals surface area contributed by atoms with E-state index >= 15 is 0 Å². The Morgan fingerprint density at radius 3 is 2.63 bits per heavy atom. The van der Waals surface area contributed by atoms with Crippen molar-refractivity contribution in [1.82, 2.24) is 15.0 Å². The van der Waals surface area contributed by atoms with Gasteiger partial charge in [0.1, 0.15) is 12.7 Å². The molecule has 0 amide bonds. The number of ether oxygens (including phenoxy) is 2. The SMILES string of the molecule is Cc1ncsc1-c1nc(NC[C@H]2COc3ccccc3O2)ncc1-c1ccccc1. The van der Waals surface area contributed by atoms with E-state index in [1.807, 2.05) is 61.1 Å². The van der Waals surface area contributed by atoms with Gasteiger partial charge in [-0.2, -0.15) is 0 Å². The Kier molecular flexibility index (Phi) is 5.03. The Bertz CT molecular complexity index is 1160. The van der Waals surface area contributed by atoms with Crippen LogP contribution >= 0.6 is 11.3 Å². The van der Waals surface area contributed by atoms with E-state index in [-0.39, 0.29) is 6.10 Å². The second-order valence-electron chi connectivity index (χ2n) is 6.97. The number of nitrogens with zero attached hydrogens (tertiary/aromatic N) is 3. The Labute approximate surface area is 178 Å². The van der Waals surface area contributed by atoms with Gasteiger partial charge in [-0.3, -0.25) is 0 Å². The Morgan fingerprint density at radius 1 is 1.03 bits per heavy atom. The van der Waals surface area contributed by atoms with Crippen LogP contribution in [0.25, 0.3) is 21.7 Å². The molecular formula is C23H20N4O2S. The molecule has 2 aromatic carbocycles. The van der Waals surface area contributed by atoms with Crippen LogP contribution in [0.2, 0.25) is 0 Å². The number of aryl methyl sites for hydroxylation is 1. The third-order valence-corrected chi connectivity index (χ3v) is 5.82. The van der Waals surface area contributed by atoms with E-state index < -0.39 is 0 Å². The van der Waals surface area contributed by atoms with Crippen LogP contribution in [0.4, 0.5) is 5.95 Å². The molecule has 0 fully saturated rings. The summed E-state index contributed by atoms with van der Waals surface area (Å²) in [6.07, 6.45) is 1.75. The molecule has 7 heteroatoms. The van der Waals surface area contributed by atoms with Gasteiger partial charge in [-0.25, -0.2) is 15.0 Å². The lowest BCUT2D eigenvalue weighted by Crippen LogP contribution is -2.35. The average Bonchev–Trinajstić information content (AvgIpc) is 3.23. The predicted octanol–water partition coefficient (Wildman–Crippen LogP) is 4.83. The fourth-order valence-corrected chi connectivity index (χ4v) is 4.17. The number of thiazole rings is 1. The van der Waals surface area contributed by atoms with Crippen molar-refractivity contribution in [3.05, 3.63) is 72.0 Å². The van der Waals surface area contributed by atoms with Gasteiger partial charge < -0.3 is 14.8 Å². The highest BCUT2D eigenvalue weighted by Gasteiger charge is 2.21. The standard InChI is InChI=1S/C23H20N4O2S/c1-15-22(30-14-26-15)21-18(16-7-3-2-4-8-16)12-25-23(27-21)24-11-17-13-28-19-9-5-6-10-20(19)29-17/h2-10,12,14,17H,11,13H2,1H3,(H,24,25,27)/t17-/m0/s1. The third kappa shape index (κ3) is 3.71. The van der Waals surface area contributed by atoms with Crippen LogP contribution in [0.1, 0.15) is 5.69 Å². The second-order valence-corrected chi connectivity index (χ2v) is 7.82. The number of benzene rings is 2. The van der Waals surface area contributed by atoms with Gasteiger partial charge in [-0.1, -0.05) is 42.5 Å². The lowest BCUT2D eigenvalue weighted by atomic mass is 10.0. The number of hydrogen-bond acceptors (Lipinski definition) is 7. The van der Waals surface area contributed by atoms with Crippen LogP contribution in [-0.2, 0) is 0 Å². The first-order valence-corrected chi connectivity index (χ1v) is 10.6. The number of aromatic nitrogens is 3. The van der Waals surface area contributed by atoms with Crippen LogP contribution in [0.15, 0.2) is 66.3 Å². The largest absolute Gasteiger partial charge is 0.486 e. The first-order chi connectivity index (χ1) is 14.8. The van der Waals surface area contributed by atoms with Gasteiger partial charge in [-0.15, -0.1) is 11.3 Å². The normalized spacial score (nSPS) is 15.0. The lowest BCUT2D eigenvalue weighted by molar-refractivity contribution is 0.0996. The third-order valence-electron chi connectivity index (χ3n) is 4.89. The minimum absolute atomic E-state index is 0.120. The van der Waals surface area contributed by atoms with Crippen LogP contribution in [0.3, 0.4) is 0 Å². The van der Waals surface area contributed by atoms with Crippen molar-refractivity contribution >= 4 is 17.3 Å². The zero-order valence-electron chi connectivity index (χ0n) is 16.4. The molecule has 0 unspecified atom stereocenters. The molecule has 1 aliphatic rings. The number of nitrogens with one attached hydrogen (secondary N) is 1. The van der Waals surface area contributed by atoms with E-state index in [2.05, 4.69) is 27.4 Å². The molecule has 1 N–H and O–H groups in total. The number of rotatable bonds is 5. The molecule has 4 aromatic rings. The van der Waals surface area contributed by atoms with Crippen molar-refractivity contribution in [2.45, 2.75) is 13.0 Å². The summed E-state index contributed by atoms with van der Waals surface area (Å²) in [5, 5.41) is 3.30. The minimum Gasteiger partial charge on any atom is -0.486 e. The lowest BCUT2D eigenvalue weighted by Gasteiger charge is -2.26. The van der Waals surface area contributed by atoms with Crippen LogP contribution in [0.5, 0.6) is 11.5 Å². The van der Waals surface area contributed by atoms with Gasteiger partial charge in [0.15, 0.2) is 11.5 Å². The van der Waals surface area contributed by atoms with E-state index in [4.69, 9.17) is 14.5 Å². The number of para-hydroxylation sites is 2. The van der Waals surface area contributed by atoms with Crippen molar-refractivity contribution in [3.63, 3.8) is 0 Å². The van der Waals surface area contributed by atoms with Crippen molar-refractivity contribution < 1.29 is 9.47 Å². The minimum atomic E-state index is -0.120. The van der Waals surface area contributed by atoms with Crippen molar-refractivity contribution in [2.24, 2.45) is 0 Å². The quantitative estimate of drug-likeness (QED) is 0.503. The summed E-state index contributed by atoms with van der Waals surface area (Å²) < 4.78 is 11.8. The van der Waals surface area contributed by atoms with Gasteiger partial charge in [0.25, 0.3) is 0 Å². The molecule has 0 radical (unpaired) electrons. The van der Waals surface area contributed by atoms with Crippen LogP contribution in [0, 0.1) is 6.92 Å². The molecule has 1 atom stereocenters. The first-order valence-electron chi connectivity index (χ1n) is 9.73. The van der Waals surface area contributed by atoms with E-state index in [9.17, 15) is 0 Å². The highest BCUT2D eigenvalue weighted by molar-refractivity contribution is 7.13. The number of fused-ring (bicyclic) bond motifs is 1. The van der Waals surface area contributed by atoms with E-state index in [0.29, 0.717) is 19.1 Å². The van der Waals surface area contributed by atoms with Gasteiger partial charge in [0, 0.05) is 11.8 Å². The number of anilines is 1. The molecule has 2 aromatic heterocycles. The van der Waals surface area contributed by atoms with Crippen molar-refractivity contribution in [2.75, 3.05) is 18.5 Å². The van der Waals surface area contributed by atoms with Gasteiger partial charge in [0.2, 0.25) is 5.95 Å². The molecule has 0 saturated heterocycles. The molecule has 0 bridgehead atoms. The molecule has 0 saturated carbocycles. The Hall–Kier alpha value is -3.45. The molecule has 30 heavy (non-hydrogen) atoms. The fourth-order valence-electron chi connectivity index (χ4n) is 3.37. The molecule has 5 rings (SSSR count). The molecule has 0 spiro atoms. The second kappa shape index (κ2) is 8.12. The summed E-state index contributed by atoms with van der Waals surface area (Å²) in [6.45, 7) is 3.02. The highest BCUT2D eigenvalue weighted by Crippen LogP contribution is 2.35. The maximum absolute atomic E-state index is 6.02. The van der Waals surface area contributed by atoms with Gasteiger partial charge in [-0.05, 0) is 24.6 Å². The Balaban J connectivity index is 1.39. The Morgan fingerprint density at radius 2 is 1.83 bits per heavy atom. The van der Waals surface area contributed by atoms with Crippen LogP contribution < -0.4 is 14.8 Å². The molecule has 1 aliphatic heterocycles. The van der Waals surface area contributed by atoms with Crippen molar-refractivity contribution in [3.8, 4) is 33.2 Å². The monoisotopic (exact) mass is 416 g/mol. The van der Waals surface area contributed by atoms with Crippen LogP contribution in [-0.4, -0.2) is 34.2 Å². The smallest absolute Gasteiger partial charge is 0.223 e. The van der Waals surface area contributed by atoms with Gasteiger partial charge >= 0.3 is 0 Å².